The highest BCUT2D eigenvalue weighted by Gasteiger charge is 2.19. The van der Waals surface area contributed by atoms with Gasteiger partial charge in [-0.05, 0) is 45.0 Å². The van der Waals surface area contributed by atoms with E-state index < -0.39 is 23.7 Å². The number of hydrogen-bond acceptors (Lipinski definition) is 6. The number of carbonyl (C=O) groups excluding carboxylic acids is 2. The highest BCUT2D eigenvalue weighted by molar-refractivity contribution is 5.95. The molecule has 1 amide bonds. The summed E-state index contributed by atoms with van der Waals surface area (Å²) in [6.45, 7) is 4.84. The van der Waals surface area contributed by atoms with Crippen LogP contribution in [0.5, 0.6) is 5.75 Å². The van der Waals surface area contributed by atoms with E-state index in [1.165, 1.54) is 24.7 Å². The lowest BCUT2D eigenvalue weighted by molar-refractivity contribution is -0.116. The van der Waals surface area contributed by atoms with Crippen LogP contribution in [0, 0.1) is 6.92 Å². The summed E-state index contributed by atoms with van der Waals surface area (Å²) in [4.78, 5) is 53.8. The fraction of sp³-hybridized carbons (Fsp3) is 0.286. The van der Waals surface area contributed by atoms with Gasteiger partial charge in [0.05, 0.1) is 6.61 Å². The van der Waals surface area contributed by atoms with Gasteiger partial charge in [-0.2, -0.15) is 0 Å². The zero-order valence-electron chi connectivity index (χ0n) is 17.2. The van der Waals surface area contributed by atoms with E-state index in [1.807, 2.05) is 0 Å². The second kappa shape index (κ2) is 8.32. The number of aromatic nitrogens is 3. The largest absolute Gasteiger partial charge is 0.493 e. The van der Waals surface area contributed by atoms with Crippen molar-refractivity contribution in [2.24, 2.45) is 7.05 Å². The van der Waals surface area contributed by atoms with Crippen LogP contribution in [0.1, 0.15) is 29.8 Å². The minimum Gasteiger partial charge on any atom is -0.493 e. The number of ketones is 1. The fourth-order valence-electron chi connectivity index (χ4n) is 3.12. The van der Waals surface area contributed by atoms with Crippen LogP contribution in [0.15, 0.2) is 40.1 Å². The van der Waals surface area contributed by atoms with Crippen molar-refractivity contribution in [1.82, 2.24) is 14.1 Å². The van der Waals surface area contributed by atoms with Gasteiger partial charge in [0.25, 0.3) is 5.56 Å². The van der Waals surface area contributed by atoms with Crippen molar-refractivity contribution < 1.29 is 14.3 Å². The Morgan fingerprint density at radius 3 is 2.43 bits per heavy atom. The minimum atomic E-state index is -0.659. The molecule has 0 saturated heterocycles. The number of rotatable bonds is 6. The third-order valence-corrected chi connectivity index (χ3v) is 4.65. The highest BCUT2D eigenvalue weighted by Crippen LogP contribution is 2.24. The minimum absolute atomic E-state index is 0.0897. The SMILES string of the molecule is CCOc1c(C)cnc2c1c(=O)n(CC(=O)Nc1ccc(C(C)=O)cc1)c(=O)n2C. The molecule has 9 heteroatoms. The van der Waals surface area contributed by atoms with Crippen molar-refractivity contribution in [3.8, 4) is 5.75 Å². The van der Waals surface area contributed by atoms with Gasteiger partial charge in [-0.15, -0.1) is 0 Å². The maximum atomic E-state index is 13.1. The van der Waals surface area contributed by atoms with Crippen molar-refractivity contribution in [2.45, 2.75) is 27.3 Å². The van der Waals surface area contributed by atoms with Crippen LogP contribution in [0.3, 0.4) is 0 Å². The normalized spacial score (nSPS) is 10.8. The highest BCUT2D eigenvalue weighted by atomic mass is 16.5. The molecule has 3 rings (SSSR count). The summed E-state index contributed by atoms with van der Waals surface area (Å²) in [7, 11) is 1.48. The summed E-state index contributed by atoms with van der Waals surface area (Å²) in [5.41, 5.74) is 0.502. The van der Waals surface area contributed by atoms with Crippen LogP contribution < -0.4 is 21.3 Å². The first-order chi connectivity index (χ1) is 14.2. The molecule has 0 spiro atoms. The van der Waals surface area contributed by atoms with Crippen molar-refractivity contribution in [3.63, 3.8) is 0 Å². The number of anilines is 1. The number of benzene rings is 1. The van der Waals surface area contributed by atoms with E-state index >= 15 is 0 Å². The molecule has 0 saturated carbocycles. The van der Waals surface area contributed by atoms with Gasteiger partial charge in [-0.25, -0.2) is 14.3 Å². The molecule has 0 aliphatic rings. The Labute approximate surface area is 171 Å². The fourth-order valence-corrected chi connectivity index (χ4v) is 3.12. The van der Waals surface area contributed by atoms with Crippen LogP contribution >= 0.6 is 0 Å². The first kappa shape index (κ1) is 21.0. The van der Waals surface area contributed by atoms with Crippen LogP contribution in [0.2, 0.25) is 0 Å². The molecule has 0 fully saturated rings. The summed E-state index contributed by atoms with van der Waals surface area (Å²) in [6, 6.07) is 6.33. The molecular weight excluding hydrogens is 388 g/mol. The van der Waals surface area contributed by atoms with E-state index in [4.69, 9.17) is 4.74 Å². The van der Waals surface area contributed by atoms with E-state index in [-0.39, 0.29) is 16.8 Å². The van der Waals surface area contributed by atoms with E-state index in [0.717, 1.165) is 4.57 Å². The van der Waals surface area contributed by atoms with Crippen LogP contribution in [-0.4, -0.2) is 32.4 Å². The van der Waals surface area contributed by atoms with Crippen molar-refractivity contribution in [3.05, 3.63) is 62.4 Å². The third kappa shape index (κ3) is 3.86. The first-order valence-electron chi connectivity index (χ1n) is 9.37. The van der Waals surface area contributed by atoms with Gasteiger partial charge in [0.2, 0.25) is 5.91 Å². The number of aryl methyl sites for hydroxylation is 2. The quantitative estimate of drug-likeness (QED) is 0.619. The number of carbonyl (C=O) groups is 2. The van der Waals surface area contributed by atoms with Gasteiger partial charge < -0.3 is 10.1 Å². The van der Waals surface area contributed by atoms with Gasteiger partial charge in [-0.3, -0.25) is 19.0 Å². The standard InChI is InChI=1S/C21H22N4O5/c1-5-30-18-12(2)10-22-19-17(18)20(28)25(21(29)24(19)4)11-16(27)23-15-8-6-14(7-9-15)13(3)26/h6-10H,5,11H2,1-4H3,(H,23,27). The number of ether oxygens (including phenoxy) is 1. The summed E-state index contributed by atoms with van der Waals surface area (Å²) < 4.78 is 7.68. The summed E-state index contributed by atoms with van der Waals surface area (Å²) in [5, 5.41) is 2.78. The first-order valence-corrected chi connectivity index (χ1v) is 9.37. The number of hydrogen-bond donors (Lipinski definition) is 1. The molecule has 156 valence electrons. The number of pyridine rings is 1. The molecule has 0 atom stereocenters. The second-order valence-electron chi connectivity index (χ2n) is 6.82. The summed E-state index contributed by atoms with van der Waals surface area (Å²) >= 11 is 0. The topological polar surface area (TPSA) is 112 Å². The Morgan fingerprint density at radius 1 is 1.17 bits per heavy atom. The maximum Gasteiger partial charge on any atom is 0.332 e. The molecule has 9 nitrogen and oxygen atoms in total. The van der Waals surface area contributed by atoms with Gasteiger partial charge in [0.15, 0.2) is 11.4 Å². The Kier molecular flexibility index (Phi) is 5.81. The molecule has 0 bridgehead atoms. The molecule has 2 heterocycles. The molecule has 2 aromatic heterocycles. The molecule has 30 heavy (non-hydrogen) atoms. The lowest BCUT2D eigenvalue weighted by Crippen LogP contribution is -2.42. The second-order valence-corrected chi connectivity index (χ2v) is 6.82. The molecule has 3 aromatic rings. The smallest absolute Gasteiger partial charge is 0.332 e. The monoisotopic (exact) mass is 410 g/mol. The van der Waals surface area contributed by atoms with E-state index in [9.17, 15) is 19.2 Å². The van der Waals surface area contributed by atoms with E-state index in [2.05, 4.69) is 10.3 Å². The van der Waals surface area contributed by atoms with Crippen molar-refractivity contribution in [2.75, 3.05) is 11.9 Å². The lowest BCUT2D eigenvalue weighted by atomic mass is 10.1. The number of nitrogens with zero attached hydrogens (tertiary/aromatic N) is 3. The maximum absolute atomic E-state index is 13.1. The van der Waals surface area contributed by atoms with Crippen LogP contribution in [-0.2, 0) is 18.4 Å². The molecular formula is C21H22N4O5. The van der Waals surface area contributed by atoms with Gasteiger partial charge >= 0.3 is 5.69 Å². The Bertz CT molecular complexity index is 1260. The van der Waals surface area contributed by atoms with Crippen LogP contribution in [0.25, 0.3) is 11.0 Å². The van der Waals surface area contributed by atoms with Crippen LogP contribution in [0.4, 0.5) is 5.69 Å². The predicted molar refractivity (Wildman–Crippen MR) is 112 cm³/mol. The Morgan fingerprint density at radius 2 is 1.83 bits per heavy atom. The molecule has 0 aliphatic carbocycles. The molecule has 0 aliphatic heterocycles. The third-order valence-electron chi connectivity index (χ3n) is 4.65. The number of Topliss-reactive ketones (excluding diaryl/α,β-unsaturated/α-hetero) is 1. The molecule has 0 unspecified atom stereocenters. The summed E-state index contributed by atoms with van der Waals surface area (Å²) in [5.74, 6) is -0.298. The Hall–Kier alpha value is -3.75. The zero-order chi connectivity index (χ0) is 22.0. The molecule has 0 radical (unpaired) electrons. The predicted octanol–water partition coefficient (Wildman–Crippen LogP) is 1.64. The van der Waals surface area contributed by atoms with Gasteiger partial charge in [-0.1, -0.05) is 0 Å². The zero-order valence-corrected chi connectivity index (χ0v) is 17.2. The lowest BCUT2D eigenvalue weighted by Gasteiger charge is -2.14. The molecule has 1 aromatic carbocycles. The summed E-state index contributed by atoms with van der Waals surface area (Å²) in [6.07, 6.45) is 1.54. The van der Waals surface area contributed by atoms with Crippen molar-refractivity contribution in [1.29, 1.82) is 0 Å². The Balaban J connectivity index is 2.00. The van der Waals surface area contributed by atoms with Crippen molar-refractivity contribution >= 4 is 28.4 Å². The average Bonchev–Trinajstić information content (AvgIpc) is 2.71. The number of nitrogens with one attached hydrogen (secondary N) is 1. The van der Waals surface area contributed by atoms with E-state index in [0.29, 0.717) is 29.2 Å². The average molecular weight is 410 g/mol. The van der Waals surface area contributed by atoms with Gasteiger partial charge in [0, 0.05) is 30.1 Å². The van der Waals surface area contributed by atoms with E-state index in [1.54, 1.807) is 38.1 Å². The molecule has 1 N–H and O–H groups in total. The number of amides is 1. The van der Waals surface area contributed by atoms with Gasteiger partial charge in [0.1, 0.15) is 17.7 Å². The number of fused-ring (bicyclic) bond motifs is 1.